The Morgan fingerprint density at radius 1 is 0.905 bits per heavy atom. The number of hydrogen-bond acceptors (Lipinski definition) is 4. The van der Waals surface area contributed by atoms with E-state index in [4.69, 9.17) is 0 Å². The van der Waals surface area contributed by atoms with Crippen molar-refractivity contribution < 1.29 is 22.4 Å². The molecule has 2 amide bonds. The minimum Gasteiger partial charge on any atom is -0.352 e. The Labute approximate surface area is 248 Å². The molecule has 0 aromatic heterocycles. The highest BCUT2D eigenvalue weighted by atomic mass is 32.2. The molecule has 0 saturated heterocycles. The van der Waals surface area contributed by atoms with Crippen molar-refractivity contribution in [3.05, 3.63) is 94.8 Å². The van der Waals surface area contributed by atoms with Crippen LogP contribution in [-0.2, 0) is 26.2 Å². The van der Waals surface area contributed by atoms with Crippen LogP contribution in [0.5, 0.6) is 0 Å². The summed E-state index contributed by atoms with van der Waals surface area (Å²) >= 11 is 0. The molecule has 42 heavy (non-hydrogen) atoms. The molecule has 1 atom stereocenters. The van der Waals surface area contributed by atoms with Crippen molar-refractivity contribution in [2.45, 2.75) is 83.3 Å². The Morgan fingerprint density at radius 3 is 2.17 bits per heavy atom. The third-order valence-electron chi connectivity index (χ3n) is 7.91. The third kappa shape index (κ3) is 7.56. The molecule has 3 aromatic rings. The Hall–Kier alpha value is -3.72. The van der Waals surface area contributed by atoms with Crippen LogP contribution in [0.15, 0.2) is 71.6 Å². The van der Waals surface area contributed by atoms with Crippen molar-refractivity contribution >= 4 is 27.5 Å². The van der Waals surface area contributed by atoms with Crippen LogP contribution in [-0.4, -0.2) is 43.8 Å². The van der Waals surface area contributed by atoms with Gasteiger partial charge in [0.2, 0.25) is 11.8 Å². The molecule has 3 aromatic carbocycles. The predicted molar refractivity (Wildman–Crippen MR) is 163 cm³/mol. The number of carbonyl (C=O) groups is 2. The summed E-state index contributed by atoms with van der Waals surface area (Å²) in [4.78, 5) is 29.0. The first kappa shape index (κ1) is 31.2. The molecular formula is C33H40FN3O4S. The minimum absolute atomic E-state index is 0.0174. The van der Waals surface area contributed by atoms with Gasteiger partial charge in [0.15, 0.2) is 0 Å². The van der Waals surface area contributed by atoms with Gasteiger partial charge in [-0.25, -0.2) is 12.8 Å². The van der Waals surface area contributed by atoms with Crippen LogP contribution in [0.25, 0.3) is 0 Å². The number of hydrogen-bond donors (Lipinski definition) is 1. The number of carbonyl (C=O) groups excluding carboxylic acids is 2. The van der Waals surface area contributed by atoms with E-state index in [0.29, 0.717) is 16.8 Å². The highest BCUT2D eigenvalue weighted by Gasteiger charge is 2.33. The Morgan fingerprint density at radius 2 is 1.52 bits per heavy atom. The minimum atomic E-state index is -4.15. The molecule has 0 heterocycles. The first-order valence-corrected chi connectivity index (χ1v) is 15.9. The number of anilines is 1. The molecule has 0 aliphatic heterocycles. The third-order valence-corrected chi connectivity index (χ3v) is 9.68. The van der Waals surface area contributed by atoms with Crippen LogP contribution in [0.2, 0.25) is 0 Å². The second kappa shape index (κ2) is 13.5. The molecule has 1 fully saturated rings. The van der Waals surface area contributed by atoms with E-state index < -0.39 is 34.3 Å². The fourth-order valence-electron chi connectivity index (χ4n) is 5.28. The van der Waals surface area contributed by atoms with E-state index in [9.17, 15) is 22.4 Å². The fraction of sp³-hybridized carbons (Fsp3) is 0.394. The van der Waals surface area contributed by atoms with Gasteiger partial charge in [0.05, 0.1) is 10.6 Å². The zero-order valence-electron chi connectivity index (χ0n) is 24.8. The van der Waals surface area contributed by atoms with E-state index in [-0.39, 0.29) is 23.4 Å². The van der Waals surface area contributed by atoms with Crippen molar-refractivity contribution in [3.63, 3.8) is 0 Å². The summed E-state index contributed by atoms with van der Waals surface area (Å²) in [6.07, 6.45) is 5.00. The normalized spacial score (nSPS) is 14.7. The van der Waals surface area contributed by atoms with Gasteiger partial charge in [0.25, 0.3) is 10.0 Å². The van der Waals surface area contributed by atoms with Gasteiger partial charge < -0.3 is 10.2 Å². The molecule has 0 unspecified atom stereocenters. The summed E-state index contributed by atoms with van der Waals surface area (Å²) in [7, 11) is -4.15. The number of halogens is 1. The number of benzene rings is 3. The lowest BCUT2D eigenvalue weighted by atomic mass is 9.95. The summed E-state index contributed by atoms with van der Waals surface area (Å²) in [5.41, 5.74) is 3.46. The van der Waals surface area contributed by atoms with Crippen molar-refractivity contribution in [2.24, 2.45) is 0 Å². The summed E-state index contributed by atoms with van der Waals surface area (Å²) in [5.74, 6) is -1.25. The monoisotopic (exact) mass is 593 g/mol. The first-order valence-electron chi connectivity index (χ1n) is 14.5. The van der Waals surface area contributed by atoms with Gasteiger partial charge in [0, 0.05) is 12.6 Å². The molecule has 4 rings (SSSR count). The van der Waals surface area contributed by atoms with E-state index in [2.05, 4.69) is 5.32 Å². The second-order valence-corrected chi connectivity index (χ2v) is 13.1. The van der Waals surface area contributed by atoms with Crippen LogP contribution in [0.3, 0.4) is 0 Å². The van der Waals surface area contributed by atoms with Gasteiger partial charge in [-0.15, -0.1) is 0 Å². The van der Waals surface area contributed by atoms with Gasteiger partial charge >= 0.3 is 0 Å². The molecule has 9 heteroatoms. The van der Waals surface area contributed by atoms with Crippen LogP contribution < -0.4 is 9.62 Å². The molecule has 1 N–H and O–H groups in total. The van der Waals surface area contributed by atoms with Crippen molar-refractivity contribution in [1.82, 2.24) is 10.2 Å². The van der Waals surface area contributed by atoms with Gasteiger partial charge in [-0.2, -0.15) is 0 Å². The molecule has 1 aliphatic rings. The van der Waals surface area contributed by atoms with Gasteiger partial charge in [0.1, 0.15) is 18.4 Å². The largest absolute Gasteiger partial charge is 0.352 e. The molecule has 0 radical (unpaired) electrons. The Kier molecular flexibility index (Phi) is 10.0. The van der Waals surface area contributed by atoms with E-state index >= 15 is 0 Å². The Bertz CT molecular complexity index is 1500. The maximum atomic E-state index is 14.1. The Balaban J connectivity index is 1.70. The van der Waals surface area contributed by atoms with E-state index in [0.717, 1.165) is 47.5 Å². The number of rotatable bonds is 10. The molecule has 1 saturated carbocycles. The summed E-state index contributed by atoms with van der Waals surface area (Å²) in [5, 5.41) is 3.09. The molecule has 7 nitrogen and oxygen atoms in total. The number of aryl methyl sites for hydroxylation is 3. The molecule has 0 spiro atoms. The van der Waals surface area contributed by atoms with Crippen LogP contribution >= 0.6 is 0 Å². The number of amides is 2. The average molecular weight is 594 g/mol. The van der Waals surface area contributed by atoms with Crippen LogP contribution in [0.4, 0.5) is 10.1 Å². The first-order chi connectivity index (χ1) is 20.0. The summed E-state index contributed by atoms with van der Waals surface area (Å²) in [6, 6.07) is 16.8. The molecular weight excluding hydrogens is 553 g/mol. The highest BCUT2D eigenvalue weighted by molar-refractivity contribution is 7.92. The number of nitrogens with one attached hydrogen (secondary N) is 1. The fourth-order valence-corrected chi connectivity index (χ4v) is 6.75. The smallest absolute Gasteiger partial charge is 0.264 e. The van der Waals surface area contributed by atoms with Crippen LogP contribution in [0, 0.1) is 26.6 Å². The topological polar surface area (TPSA) is 86.8 Å². The van der Waals surface area contributed by atoms with Crippen LogP contribution in [0.1, 0.15) is 61.3 Å². The maximum Gasteiger partial charge on any atom is 0.264 e. The number of sulfonamides is 1. The average Bonchev–Trinajstić information content (AvgIpc) is 2.97. The quantitative estimate of drug-likeness (QED) is 0.321. The van der Waals surface area contributed by atoms with E-state index in [1.54, 1.807) is 44.2 Å². The standard InChI is InChI=1S/C33H40FN3O4S/c1-23-11-18-30(19-12-23)42(40,41)37(31-20-24(2)10-13-25(31)3)22-32(38)36(21-27-14-16-28(34)17-15-27)26(4)33(39)35-29-8-6-5-7-9-29/h10-20,26,29H,5-9,21-22H2,1-4H3,(H,35,39)/t26-/m1/s1. The van der Waals surface area contributed by atoms with Crippen molar-refractivity contribution in [3.8, 4) is 0 Å². The molecule has 1 aliphatic carbocycles. The lowest BCUT2D eigenvalue weighted by molar-refractivity contribution is -0.139. The molecule has 0 bridgehead atoms. The highest BCUT2D eigenvalue weighted by Crippen LogP contribution is 2.29. The lowest BCUT2D eigenvalue weighted by Gasteiger charge is -2.33. The summed E-state index contributed by atoms with van der Waals surface area (Å²) in [6.45, 7) is 6.69. The van der Waals surface area contributed by atoms with E-state index in [1.807, 2.05) is 26.0 Å². The zero-order chi connectivity index (χ0) is 30.4. The van der Waals surface area contributed by atoms with Gasteiger partial charge in [-0.3, -0.25) is 13.9 Å². The number of nitrogens with zero attached hydrogens (tertiary/aromatic N) is 2. The molecule has 224 valence electrons. The SMILES string of the molecule is Cc1ccc(S(=O)(=O)N(CC(=O)N(Cc2ccc(F)cc2)[C@H](C)C(=O)NC2CCCCC2)c2cc(C)ccc2C)cc1. The van der Waals surface area contributed by atoms with Crippen molar-refractivity contribution in [2.75, 3.05) is 10.8 Å². The second-order valence-electron chi connectivity index (χ2n) is 11.3. The van der Waals surface area contributed by atoms with Crippen molar-refractivity contribution in [1.29, 1.82) is 0 Å². The predicted octanol–water partition coefficient (Wildman–Crippen LogP) is 5.81. The lowest BCUT2D eigenvalue weighted by Crippen LogP contribution is -2.53. The maximum absolute atomic E-state index is 14.1. The zero-order valence-corrected chi connectivity index (χ0v) is 25.6. The van der Waals surface area contributed by atoms with E-state index in [1.165, 1.54) is 29.2 Å². The summed E-state index contributed by atoms with van der Waals surface area (Å²) < 4.78 is 42.9. The van der Waals surface area contributed by atoms with Gasteiger partial charge in [-0.05, 0) is 87.6 Å². The van der Waals surface area contributed by atoms with Gasteiger partial charge in [-0.1, -0.05) is 61.2 Å².